The molecule has 2 aliphatic carbocycles. The number of amides is 1. The van der Waals surface area contributed by atoms with Gasteiger partial charge in [0.05, 0.1) is 12.7 Å². The lowest BCUT2D eigenvalue weighted by atomic mass is 9.85. The number of carbonyl (C=O) groups is 2. The second-order valence-corrected chi connectivity index (χ2v) is 8.11. The van der Waals surface area contributed by atoms with Gasteiger partial charge < -0.3 is 10.4 Å². The van der Waals surface area contributed by atoms with Gasteiger partial charge in [0.1, 0.15) is 0 Å². The molecule has 26 heavy (non-hydrogen) atoms. The Morgan fingerprint density at radius 3 is 2.73 bits per heavy atom. The second kappa shape index (κ2) is 8.16. The van der Waals surface area contributed by atoms with Gasteiger partial charge in [-0.25, -0.2) is 0 Å². The third kappa shape index (κ3) is 5.27. The number of carbonyl (C=O) groups excluding carboxylic acids is 1. The topological polar surface area (TPSA) is 100 Å². The molecule has 0 aliphatic heterocycles. The Labute approximate surface area is 153 Å². The fraction of sp³-hybridized carbons (Fsp3) is 0.778. The number of aryl methyl sites for hydroxylation is 1. The van der Waals surface area contributed by atoms with E-state index in [1.54, 1.807) is 10.9 Å². The molecule has 144 valence electrons. The zero-order valence-electron chi connectivity index (χ0n) is 15.6. The molecule has 2 fully saturated rings. The van der Waals surface area contributed by atoms with E-state index < -0.39 is 5.97 Å². The van der Waals surface area contributed by atoms with Crippen LogP contribution in [0.15, 0.2) is 6.20 Å². The zero-order chi connectivity index (χ0) is 18.7. The summed E-state index contributed by atoms with van der Waals surface area (Å²) in [6, 6.07) is 0.336. The fourth-order valence-corrected chi connectivity index (χ4v) is 3.31. The Bertz CT molecular complexity index is 635. The number of hydrogen-bond donors (Lipinski definition) is 2. The standard InChI is InChI=1S/C18H29N5O3/c1-12(2)5-6-23-10-16(20-21-23)18(26)19-14-7-15(8-14)22(11-17(24)25)9-13-3-4-13/h10,12-15H,3-9,11H2,1-2H3,(H,19,26)(H,24,25). The lowest BCUT2D eigenvalue weighted by molar-refractivity contribution is -0.139. The van der Waals surface area contributed by atoms with Gasteiger partial charge in [0.15, 0.2) is 5.69 Å². The van der Waals surface area contributed by atoms with E-state index in [0.29, 0.717) is 17.5 Å². The quantitative estimate of drug-likeness (QED) is 0.651. The monoisotopic (exact) mass is 363 g/mol. The van der Waals surface area contributed by atoms with Crippen LogP contribution in [0.25, 0.3) is 0 Å². The number of aliphatic carboxylic acids is 1. The van der Waals surface area contributed by atoms with E-state index in [9.17, 15) is 9.59 Å². The molecule has 0 spiro atoms. The maximum absolute atomic E-state index is 12.3. The predicted octanol–water partition coefficient (Wildman–Crippen LogP) is 1.38. The Balaban J connectivity index is 1.44. The average molecular weight is 363 g/mol. The SMILES string of the molecule is CC(C)CCn1cc(C(=O)NC2CC(N(CC(=O)O)CC3CC3)C2)nn1. The van der Waals surface area contributed by atoms with Crippen molar-refractivity contribution in [3.63, 3.8) is 0 Å². The predicted molar refractivity (Wildman–Crippen MR) is 95.7 cm³/mol. The van der Waals surface area contributed by atoms with Crippen molar-refractivity contribution in [3.8, 4) is 0 Å². The highest BCUT2D eigenvalue weighted by atomic mass is 16.4. The second-order valence-electron chi connectivity index (χ2n) is 8.11. The zero-order valence-corrected chi connectivity index (χ0v) is 15.6. The van der Waals surface area contributed by atoms with Crippen molar-refractivity contribution < 1.29 is 14.7 Å². The van der Waals surface area contributed by atoms with Crippen molar-refractivity contribution in [3.05, 3.63) is 11.9 Å². The summed E-state index contributed by atoms with van der Waals surface area (Å²) in [7, 11) is 0. The Morgan fingerprint density at radius 1 is 1.38 bits per heavy atom. The molecule has 1 amide bonds. The van der Waals surface area contributed by atoms with Crippen molar-refractivity contribution in [2.24, 2.45) is 11.8 Å². The first-order valence-corrected chi connectivity index (χ1v) is 9.57. The lowest BCUT2D eigenvalue weighted by Crippen LogP contribution is -2.55. The van der Waals surface area contributed by atoms with Gasteiger partial charge in [-0.3, -0.25) is 19.2 Å². The van der Waals surface area contributed by atoms with Gasteiger partial charge in [-0.2, -0.15) is 0 Å². The fourth-order valence-electron chi connectivity index (χ4n) is 3.31. The minimum absolute atomic E-state index is 0.0869. The van der Waals surface area contributed by atoms with Crippen LogP contribution < -0.4 is 5.32 Å². The number of hydrogen-bond acceptors (Lipinski definition) is 5. The van der Waals surface area contributed by atoms with E-state index in [2.05, 4.69) is 34.4 Å². The molecule has 1 heterocycles. The molecule has 8 nitrogen and oxygen atoms in total. The molecule has 0 saturated heterocycles. The number of carboxylic acid groups (broad SMARTS) is 1. The van der Waals surface area contributed by atoms with E-state index in [1.807, 2.05) is 0 Å². The Morgan fingerprint density at radius 2 is 2.12 bits per heavy atom. The first kappa shape index (κ1) is 18.8. The van der Waals surface area contributed by atoms with E-state index in [0.717, 1.165) is 32.4 Å². The molecular formula is C18H29N5O3. The number of nitrogens with one attached hydrogen (secondary N) is 1. The minimum Gasteiger partial charge on any atom is -0.480 e. The maximum Gasteiger partial charge on any atom is 0.317 e. The molecule has 2 saturated carbocycles. The van der Waals surface area contributed by atoms with Crippen LogP contribution in [-0.4, -0.2) is 62.0 Å². The average Bonchev–Trinajstić information content (AvgIpc) is 3.21. The van der Waals surface area contributed by atoms with E-state index in [4.69, 9.17) is 5.11 Å². The molecule has 1 aromatic rings. The van der Waals surface area contributed by atoms with E-state index in [-0.39, 0.29) is 24.5 Å². The van der Waals surface area contributed by atoms with Gasteiger partial charge >= 0.3 is 5.97 Å². The summed E-state index contributed by atoms with van der Waals surface area (Å²) in [5.41, 5.74) is 0.345. The van der Waals surface area contributed by atoms with Crippen LogP contribution in [0.1, 0.15) is 56.4 Å². The number of carboxylic acids is 1. The highest BCUT2D eigenvalue weighted by Crippen LogP contribution is 2.33. The molecular weight excluding hydrogens is 334 g/mol. The molecule has 0 bridgehead atoms. The molecule has 2 aliphatic rings. The van der Waals surface area contributed by atoms with Gasteiger partial charge in [-0.15, -0.1) is 5.10 Å². The number of nitrogens with zero attached hydrogens (tertiary/aromatic N) is 4. The molecule has 1 aromatic heterocycles. The summed E-state index contributed by atoms with van der Waals surface area (Å²) >= 11 is 0. The first-order chi connectivity index (χ1) is 12.4. The number of rotatable bonds is 10. The van der Waals surface area contributed by atoms with Crippen molar-refractivity contribution in [1.82, 2.24) is 25.2 Å². The smallest absolute Gasteiger partial charge is 0.317 e. The summed E-state index contributed by atoms with van der Waals surface area (Å²) in [6.45, 7) is 6.01. The Kier molecular flexibility index (Phi) is 5.90. The summed E-state index contributed by atoms with van der Waals surface area (Å²) in [5.74, 6) is 0.254. The van der Waals surface area contributed by atoms with Gasteiger partial charge in [0, 0.05) is 25.2 Å². The normalized spacial score (nSPS) is 22.5. The van der Waals surface area contributed by atoms with Crippen LogP contribution in [0, 0.1) is 11.8 Å². The van der Waals surface area contributed by atoms with Crippen molar-refractivity contribution in [2.75, 3.05) is 13.1 Å². The van der Waals surface area contributed by atoms with Gasteiger partial charge in [-0.05, 0) is 43.9 Å². The number of aromatic nitrogens is 3. The van der Waals surface area contributed by atoms with Gasteiger partial charge in [0.25, 0.3) is 5.91 Å². The largest absolute Gasteiger partial charge is 0.480 e. The molecule has 0 radical (unpaired) electrons. The maximum atomic E-state index is 12.3. The lowest BCUT2D eigenvalue weighted by Gasteiger charge is -2.42. The van der Waals surface area contributed by atoms with Gasteiger partial charge in [-0.1, -0.05) is 19.1 Å². The van der Waals surface area contributed by atoms with Gasteiger partial charge in [0.2, 0.25) is 0 Å². The van der Waals surface area contributed by atoms with E-state index >= 15 is 0 Å². The highest BCUT2D eigenvalue weighted by Gasteiger charge is 2.38. The van der Waals surface area contributed by atoms with Crippen LogP contribution in [0.3, 0.4) is 0 Å². The molecule has 3 rings (SSSR count). The van der Waals surface area contributed by atoms with E-state index in [1.165, 1.54) is 12.8 Å². The molecule has 0 unspecified atom stereocenters. The van der Waals surface area contributed by atoms with Crippen LogP contribution >= 0.6 is 0 Å². The molecule has 8 heteroatoms. The molecule has 0 aromatic carbocycles. The van der Waals surface area contributed by atoms with Crippen molar-refractivity contribution in [2.45, 2.75) is 64.6 Å². The van der Waals surface area contributed by atoms with Crippen molar-refractivity contribution >= 4 is 11.9 Å². The minimum atomic E-state index is -0.781. The third-order valence-corrected chi connectivity index (χ3v) is 5.20. The highest BCUT2D eigenvalue weighted by molar-refractivity contribution is 5.92. The summed E-state index contributed by atoms with van der Waals surface area (Å²) < 4.78 is 1.71. The first-order valence-electron chi connectivity index (χ1n) is 9.57. The Hall–Kier alpha value is -1.96. The third-order valence-electron chi connectivity index (χ3n) is 5.20. The van der Waals surface area contributed by atoms with Crippen LogP contribution in [0.5, 0.6) is 0 Å². The van der Waals surface area contributed by atoms with Crippen LogP contribution in [0.2, 0.25) is 0 Å². The summed E-state index contributed by atoms with van der Waals surface area (Å²) in [5, 5.41) is 20.1. The molecule has 2 N–H and O–H groups in total. The summed E-state index contributed by atoms with van der Waals surface area (Å²) in [6.07, 6.45) is 6.69. The summed E-state index contributed by atoms with van der Waals surface area (Å²) in [4.78, 5) is 25.4. The van der Waals surface area contributed by atoms with Crippen molar-refractivity contribution in [1.29, 1.82) is 0 Å². The van der Waals surface area contributed by atoms with Crippen LogP contribution in [-0.2, 0) is 11.3 Å². The van der Waals surface area contributed by atoms with Crippen LogP contribution in [0.4, 0.5) is 0 Å². The molecule has 0 atom stereocenters.